The number of hydrogen-bond acceptors (Lipinski definition) is 8. The lowest BCUT2D eigenvalue weighted by molar-refractivity contribution is -0.144. The number of likely N-dealkylation sites (tertiary alicyclic amines) is 1. The van der Waals surface area contributed by atoms with Gasteiger partial charge in [-0.25, -0.2) is 14.6 Å². The van der Waals surface area contributed by atoms with Crippen LogP contribution in [0.5, 0.6) is 0 Å². The SMILES string of the molecule is Cc1cc(C(=O)NC2CCN(C(=O)O)CC2)ccc1-c1ccc(C[C@H](NC(=O)[C@H]2CC[C@H](CNC(=O)OC(C)(C)C)CC2)C(=O)Nc2ccc(-c3nc(C(F)(F)F)n[nH]3)cc2)cc1. The number of alkyl carbamates (subject to hydrolysis) is 1. The van der Waals surface area contributed by atoms with Crippen molar-refractivity contribution in [1.82, 2.24) is 36.0 Å². The summed E-state index contributed by atoms with van der Waals surface area (Å²) >= 11 is 0. The van der Waals surface area contributed by atoms with Crippen molar-refractivity contribution < 1.29 is 47.0 Å². The van der Waals surface area contributed by atoms with Crippen LogP contribution in [0.25, 0.3) is 22.5 Å². The molecule has 1 atom stereocenters. The van der Waals surface area contributed by atoms with Gasteiger partial charge in [-0.05, 0) is 131 Å². The third-order valence-corrected chi connectivity index (χ3v) is 11.2. The first-order valence-corrected chi connectivity index (χ1v) is 21.0. The summed E-state index contributed by atoms with van der Waals surface area (Å²) in [6.45, 7) is 8.44. The molecule has 6 rings (SSSR count). The first kappa shape index (κ1) is 46.1. The normalized spacial score (nSPS) is 17.6. The number of anilines is 1. The summed E-state index contributed by atoms with van der Waals surface area (Å²) in [6.07, 6.45) is -2.39. The van der Waals surface area contributed by atoms with Crippen LogP contribution in [0.3, 0.4) is 0 Å². The van der Waals surface area contributed by atoms with E-state index in [2.05, 4.69) is 36.4 Å². The average Bonchev–Trinajstić information content (AvgIpc) is 3.75. The molecule has 3 aromatic carbocycles. The molecule has 1 aliphatic carbocycles. The van der Waals surface area contributed by atoms with Gasteiger partial charge < -0.3 is 36.0 Å². The maximum Gasteiger partial charge on any atom is 0.453 e. The number of aryl methyl sites for hydroxylation is 1. The van der Waals surface area contributed by atoms with Crippen LogP contribution in [0, 0.1) is 18.8 Å². The number of aromatic amines is 1. The molecule has 0 spiro atoms. The number of ether oxygens (including phenoxy) is 1. The molecule has 1 saturated heterocycles. The highest BCUT2D eigenvalue weighted by atomic mass is 19.4. The molecule has 1 aliphatic heterocycles. The maximum atomic E-state index is 13.9. The number of piperidine rings is 1. The molecule has 0 unspecified atom stereocenters. The summed E-state index contributed by atoms with van der Waals surface area (Å²) in [5.41, 5.74) is 3.95. The highest BCUT2D eigenvalue weighted by molar-refractivity contribution is 5.98. The molecule has 2 heterocycles. The van der Waals surface area contributed by atoms with Gasteiger partial charge in [-0.1, -0.05) is 30.3 Å². The topological polar surface area (TPSA) is 208 Å². The summed E-state index contributed by atoms with van der Waals surface area (Å²) in [5, 5.41) is 26.4. The van der Waals surface area contributed by atoms with Crippen molar-refractivity contribution in [2.24, 2.45) is 11.8 Å². The van der Waals surface area contributed by atoms with Crippen molar-refractivity contribution in [3.05, 3.63) is 89.2 Å². The van der Waals surface area contributed by atoms with E-state index in [9.17, 15) is 42.3 Å². The minimum Gasteiger partial charge on any atom is -0.465 e. The first-order chi connectivity index (χ1) is 29.8. The first-order valence-electron chi connectivity index (χ1n) is 21.0. The molecular weight excluding hydrogens is 822 g/mol. The number of carbonyl (C=O) groups excluding carboxylic acids is 4. The fourth-order valence-electron chi connectivity index (χ4n) is 7.80. The molecule has 1 saturated carbocycles. The van der Waals surface area contributed by atoms with Gasteiger partial charge in [0.1, 0.15) is 11.6 Å². The summed E-state index contributed by atoms with van der Waals surface area (Å²) in [6, 6.07) is 17.9. The van der Waals surface area contributed by atoms with E-state index < -0.39 is 41.7 Å². The van der Waals surface area contributed by atoms with Crippen LogP contribution in [-0.2, 0) is 26.9 Å². The standard InChI is InChI=1S/C45H53F3N8O7/c1-26-23-32(39(58)50-34-19-21-56(22-20-34)43(61)62)15-18-35(26)29-9-5-27(6-10-29)24-36(52-38(57)31-11-7-28(8-12-31)25-49-42(60)63-44(2,3)4)40(59)51-33-16-13-30(14-17-33)37-53-41(55-54-37)45(46,47)48/h5-6,9-10,13-18,23,28,31,34,36H,7-8,11-12,19-22,24-25H2,1-4H3,(H,49,60)(H,50,58)(H,51,59)(H,52,57)(H,61,62)(H,53,54,55)/t28-,31-,36-/m0/s1. The quantitative estimate of drug-likeness (QED) is 0.0841. The highest BCUT2D eigenvalue weighted by Crippen LogP contribution is 2.31. The predicted molar refractivity (Wildman–Crippen MR) is 227 cm³/mol. The van der Waals surface area contributed by atoms with Gasteiger partial charge >= 0.3 is 18.4 Å². The van der Waals surface area contributed by atoms with E-state index in [1.165, 1.54) is 29.2 Å². The van der Waals surface area contributed by atoms with E-state index in [1.807, 2.05) is 43.3 Å². The number of halogens is 3. The second kappa shape index (κ2) is 19.7. The van der Waals surface area contributed by atoms with Gasteiger partial charge in [0.2, 0.25) is 11.8 Å². The third kappa shape index (κ3) is 12.8. The molecule has 63 heavy (non-hydrogen) atoms. The van der Waals surface area contributed by atoms with Crippen molar-refractivity contribution >= 4 is 35.6 Å². The number of rotatable bonds is 12. The fraction of sp³-hybridized carbons (Fsp3) is 0.444. The third-order valence-electron chi connectivity index (χ3n) is 11.2. The van der Waals surface area contributed by atoms with Gasteiger partial charge in [0.25, 0.3) is 11.7 Å². The number of nitrogens with zero attached hydrogens (tertiary/aromatic N) is 3. The molecule has 0 bridgehead atoms. The minimum atomic E-state index is -4.71. The Morgan fingerprint density at radius 3 is 2.13 bits per heavy atom. The van der Waals surface area contributed by atoms with Crippen LogP contribution in [0.2, 0.25) is 0 Å². The molecular formula is C45H53F3N8O7. The zero-order valence-corrected chi connectivity index (χ0v) is 35.6. The smallest absolute Gasteiger partial charge is 0.453 e. The predicted octanol–water partition coefficient (Wildman–Crippen LogP) is 7.34. The van der Waals surface area contributed by atoms with Gasteiger partial charge in [0, 0.05) is 54.8 Å². The number of nitrogens with one attached hydrogen (secondary N) is 5. The largest absolute Gasteiger partial charge is 0.465 e. The molecule has 4 aromatic rings. The Balaban J connectivity index is 1.11. The van der Waals surface area contributed by atoms with Crippen LogP contribution in [0.4, 0.5) is 28.4 Å². The molecule has 6 N–H and O–H groups in total. The molecule has 2 fully saturated rings. The lowest BCUT2D eigenvalue weighted by atomic mass is 9.81. The Morgan fingerprint density at radius 1 is 0.889 bits per heavy atom. The number of H-pyrrole nitrogens is 1. The Kier molecular flexibility index (Phi) is 14.4. The van der Waals surface area contributed by atoms with E-state index in [4.69, 9.17) is 4.74 Å². The number of carboxylic acid groups (broad SMARTS) is 1. The molecule has 1 aromatic heterocycles. The molecule has 2 aliphatic rings. The zero-order chi connectivity index (χ0) is 45.5. The number of carbonyl (C=O) groups is 5. The fourth-order valence-corrected chi connectivity index (χ4v) is 7.80. The van der Waals surface area contributed by atoms with Crippen LogP contribution in [0.15, 0.2) is 66.7 Å². The minimum absolute atomic E-state index is 0.0901. The van der Waals surface area contributed by atoms with Crippen molar-refractivity contribution in [2.45, 2.75) is 96.5 Å². The highest BCUT2D eigenvalue weighted by Gasteiger charge is 2.36. The Labute approximate surface area is 363 Å². The van der Waals surface area contributed by atoms with Crippen LogP contribution in [-0.4, -0.2) is 92.4 Å². The number of alkyl halides is 3. The molecule has 336 valence electrons. The van der Waals surface area contributed by atoms with Crippen molar-refractivity contribution in [3.8, 4) is 22.5 Å². The van der Waals surface area contributed by atoms with Gasteiger partial charge in [-0.3, -0.25) is 19.5 Å². The Morgan fingerprint density at radius 2 is 1.54 bits per heavy atom. The van der Waals surface area contributed by atoms with E-state index in [0.29, 0.717) is 75.0 Å². The van der Waals surface area contributed by atoms with Gasteiger partial charge in [0.05, 0.1) is 0 Å². The molecule has 5 amide bonds. The zero-order valence-electron chi connectivity index (χ0n) is 35.6. The number of aromatic nitrogens is 3. The monoisotopic (exact) mass is 874 g/mol. The molecule has 0 radical (unpaired) electrons. The summed E-state index contributed by atoms with van der Waals surface area (Å²) in [4.78, 5) is 69.0. The van der Waals surface area contributed by atoms with E-state index in [-0.39, 0.29) is 41.9 Å². The number of hydrogen-bond donors (Lipinski definition) is 6. The van der Waals surface area contributed by atoms with E-state index >= 15 is 0 Å². The van der Waals surface area contributed by atoms with E-state index in [1.54, 1.807) is 26.8 Å². The second-order valence-electron chi connectivity index (χ2n) is 17.2. The average molecular weight is 875 g/mol. The Bertz CT molecular complexity index is 2260. The Hall–Kier alpha value is -6.46. The maximum absolute atomic E-state index is 13.9. The molecule has 15 nitrogen and oxygen atoms in total. The summed E-state index contributed by atoms with van der Waals surface area (Å²) < 4.78 is 44.5. The van der Waals surface area contributed by atoms with Crippen LogP contribution in [0.1, 0.15) is 86.6 Å². The number of amides is 5. The lowest BCUT2D eigenvalue weighted by Gasteiger charge is -2.30. The van der Waals surface area contributed by atoms with Crippen molar-refractivity contribution in [3.63, 3.8) is 0 Å². The summed E-state index contributed by atoms with van der Waals surface area (Å²) in [7, 11) is 0. The van der Waals surface area contributed by atoms with Crippen LogP contribution < -0.4 is 21.3 Å². The summed E-state index contributed by atoms with van der Waals surface area (Å²) in [5.74, 6) is -2.55. The van der Waals surface area contributed by atoms with Gasteiger partial charge in [-0.2, -0.15) is 13.2 Å². The molecule has 18 heteroatoms. The van der Waals surface area contributed by atoms with Crippen molar-refractivity contribution in [2.75, 3.05) is 25.0 Å². The van der Waals surface area contributed by atoms with Crippen molar-refractivity contribution in [1.29, 1.82) is 0 Å². The number of benzene rings is 3. The van der Waals surface area contributed by atoms with Gasteiger partial charge in [0.15, 0.2) is 5.82 Å². The lowest BCUT2D eigenvalue weighted by Crippen LogP contribution is -2.48. The van der Waals surface area contributed by atoms with Crippen LogP contribution >= 0.6 is 0 Å². The second-order valence-corrected chi connectivity index (χ2v) is 17.2. The van der Waals surface area contributed by atoms with E-state index in [0.717, 1.165) is 22.3 Å². The van der Waals surface area contributed by atoms with Gasteiger partial charge in [-0.15, -0.1) is 5.10 Å².